The van der Waals surface area contributed by atoms with Gasteiger partial charge in [0.2, 0.25) is 5.78 Å². The molecule has 1 aliphatic heterocycles. The van der Waals surface area contributed by atoms with Gasteiger partial charge in [-0.1, -0.05) is 32.0 Å². The van der Waals surface area contributed by atoms with E-state index < -0.39 is 23.5 Å². The van der Waals surface area contributed by atoms with Gasteiger partial charge in [0.25, 0.3) is 5.91 Å². The summed E-state index contributed by atoms with van der Waals surface area (Å²) >= 11 is 0. The largest absolute Gasteiger partial charge is 0.503 e. The molecule has 9 nitrogen and oxygen atoms in total. The standard InChI is InChI=1S/C31H38N2O7/c1-19(2)13-16-39-22-12-11-20(17-24(22)38-6)27-26(29(35)31(36)33(27)15-8-14-32(3)4)28(34)25-18-21-9-7-10-23(37-5)30(21)40-25/h7,9-12,17-19,27,35H,8,13-16H2,1-6H3. The van der Waals surface area contributed by atoms with Gasteiger partial charge in [-0.05, 0) is 69.2 Å². The van der Waals surface area contributed by atoms with E-state index in [0.717, 1.165) is 13.0 Å². The summed E-state index contributed by atoms with van der Waals surface area (Å²) in [6, 6.07) is 11.4. The first-order chi connectivity index (χ1) is 19.2. The number of carbonyl (C=O) groups excluding carboxylic acids is 2. The fourth-order valence-electron chi connectivity index (χ4n) is 4.84. The second kappa shape index (κ2) is 12.5. The van der Waals surface area contributed by atoms with E-state index in [4.69, 9.17) is 18.6 Å². The zero-order valence-corrected chi connectivity index (χ0v) is 24.0. The number of amides is 1. The zero-order chi connectivity index (χ0) is 29.0. The summed E-state index contributed by atoms with van der Waals surface area (Å²) < 4.78 is 22.8. The number of aliphatic hydroxyl groups is 1. The summed E-state index contributed by atoms with van der Waals surface area (Å²) in [5.74, 6) is 0.285. The van der Waals surface area contributed by atoms with Crippen LogP contribution in [0, 0.1) is 5.92 Å². The van der Waals surface area contributed by atoms with Crippen LogP contribution in [0.5, 0.6) is 17.2 Å². The quantitative estimate of drug-likeness (QED) is 0.282. The van der Waals surface area contributed by atoms with E-state index in [9.17, 15) is 14.7 Å². The van der Waals surface area contributed by atoms with E-state index >= 15 is 0 Å². The smallest absolute Gasteiger partial charge is 0.290 e. The molecular formula is C31H38N2O7. The molecule has 40 heavy (non-hydrogen) atoms. The Morgan fingerprint density at radius 2 is 1.82 bits per heavy atom. The van der Waals surface area contributed by atoms with Gasteiger partial charge in [0.05, 0.1) is 32.4 Å². The third-order valence-electron chi connectivity index (χ3n) is 6.96. The van der Waals surface area contributed by atoms with Crippen molar-refractivity contribution in [1.82, 2.24) is 9.80 Å². The maximum atomic E-state index is 13.9. The number of hydrogen-bond acceptors (Lipinski definition) is 8. The molecule has 214 valence electrons. The Bertz CT molecular complexity index is 1410. The van der Waals surface area contributed by atoms with Crippen LogP contribution in [-0.4, -0.2) is 74.6 Å². The third-order valence-corrected chi connectivity index (χ3v) is 6.96. The molecule has 0 aliphatic carbocycles. The van der Waals surface area contributed by atoms with E-state index in [2.05, 4.69) is 13.8 Å². The molecule has 3 aromatic rings. The van der Waals surface area contributed by atoms with Crippen molar-refractivity contribution in [2.24, 2.45) is 5.92 Å². The number of ether oxygens (including phenoxy) is 3. The Morgan fingerprint density at radius 1 is 1.07 bits per heavy atom. The van der Waals surface area contributed by atoms with Crippen LogP contribution in [0.15, 0.2) is 58.2 Å². The number of rotatable bonds is 13. The summed E-state index contributed by atoms with van der Waals surface area (Å²) in [5, 5.41) is 11.7. The molecule has 4 rings (SSSR count). The summed E-state index contributed by atoms with van der Waals surface area (Å²) in [6.45, 7) is 5.86. The average Bonchev–Trinajstić information content (AvgIpc) is 3.47. The number of fused-ring (bicyclic) bond motifs is 1. The van der Waals surface area contributed by atoms with E-state index in [1.54, 1.807) is 49.6 Å². The van der Waals surface area contributed by atoms with Crippen molar-refractivity contribution < 1.29 is 33.3 Å². The number of para-hydroxylation sites is 1. The SMILES string of the molecule is COc1cc(C2C(C(=O)c3cc4cccc(OC)c4o3)=C(O)C(=O)N2CCCN(C)C)ccc1OCCC(C)C. The molecule has 9 heteroatoms. The number of hydrogen-bond donors (Lipinski definition) is 1. The van der Waals surface area contributed by atoms with Gasteiger partial charge < -0.3 is 33.5 Å². The Morgan fingerprint density at radius 3 is 2.50 bits per heavy atom. The van der Waals surface area contributed by atoms with Crippen molar-refractivity contribution in [3.8, 4) is 17.2 Å². The first-order valence-corrected chi connectivity index (χ1v) is 13.5. The average molecular weight is 551 g/mol. The number of furan rings is 1. The van der Waals surface area contributed by atoms with Crippen LogP contribution in [0.2, 0.25) is 0 Å². The first-order valence-electron chi connectivity index (χ1n) is 13.5. The predicted molar refractivity (Wildman–Crippen MR) is 152 cm³/mol. The normalized spacial score (nSPS) is 15.6. The molecule has 1 atom stereocenters. The lowest BCUT2D eigenvalue weighted by atomic mass is 9.94. The summed E-state index contributed by atoms with van der Waals surface area (Å²) in [4.78, 5) is 30.8. The number of ketones is 1. The molecule has 0 saturated heterocycles. The molecule has 1 amide bonds. The summed E-state index contributed by atoms with van der Waals surface area (Å²) in [7, 11) is 6.97. The number of nitrogens with zero attached hydrogens (tertiary/aromatic N) is 2. The molecule has 2 aromatic carbocycles. The highest BCUT2D eigenvalue weighted by Gasteiger charge is 2.44. The Hall–Kier alpha value is -3.98. The zero-order valence-electron chi connectivity index (χ0n) is 24.0. The lowest BCUT2D eigenvalue weighted by Gasteiger charge is -2.27. The van der Waals surface area contributed by atoms with E-state index in [1.807, 2.05) is 19.0 Å². The summed E-state index contributed by atoms with van der Waals surface area (Å²) in [6.07, 6.45) is 1.54. The molecule has 0 fully saturated rings. The maximum absolute atomic E-state index is 13.9. The number of methoxy groups -OCH3 is 2. The molecule has 0 bridgehead atoms. The lowest BCUT2D eigenvalue weighted by molar-refractivity contribution is -0.129. The van der Waals surface area contributed by atoms with Crippen LogP contribution in [0.4, 0.5) is 0 Å². The molecule has 0 radical (unpaired) electrons. The highest BCUT2D eigenvalue weighted by molar-refractivity contribution is 6.16. The first kappa shape index (κ1) is 29.0. The molecule has 2 heterocycles. The number of Topliss-reactive ketones (excluding diaryl/α,β-unsaturated/α-hetero) is 1. The van der Waals surface area contributed by atoms with E-state index in [-0.39, 0.29) is 11.3 Å². The van der Waals surface area contributed by atoms with Crippen LogP contribution in [-0.2, 0) is 4.79 Å². The number of aliphatic hydroxyl groups excluding tert-OH is 1. The predicted octanol–water partition coefficient (Wildman–Crippen LogP) is 5.40. The molecule has 1 aromatic heterocycles. The number of carbonyl (C=O) groups is 2. The van der Waals surface area contributed by atoms with Crippen molar-refractivity contribution in [2.45, 2.75) is 32.7 Å². The van der Waals surface area contributed by atoms with Crippen LogP contribution in [0.3, 0.4) is 0 Å². The second-order valence-corrected chi connectivity index (χ2v) is 10.6. The van der Waals surface area contributed by atoms with Gasteiger partial charge in [-0.25, -0.2) is 0 Å². The molecule has 1 unspecified atom stereocenters. The fourth-order valence-corrected chi connectivity index (χ4v) is 4.84. The monoisotopic (exact) mass is 550 g/mol. The molecular weight excluding hydrogens is 512 g/mol. The number of benzene rings is 2. The van der Waals surface area contributed by atoms with Gasteiger partial charge in [0.1, 0.15) is 0 Å². The lowest BCUT2D eigenvalue weighted by Crippen LogP contribution is -2.33. The van der Waals surface area contributed by atoms with Gasteiger partial charge in [0.15, 0.2) is 34.4 Å². The van der Waals surface area contributed by atoms with Gasteiger partial charge in [-0.15, -0.1) is 0 Å². The van der Waals surface area contributed by atoms with Crippen molar-refractivity contribution >= 4 is 22.7 Å². The topological polar surface area (TPSA) is 102 Å². The third kappa shape index (κ3) is 5.94. The Kier molecular flexibility index (Phi) is 9.04. The summed E-state index contributed by atoms with van der Waals surface area (Å²) in [5.41, 5.74) is 0.998. The molecule has 1 N–H and O–H groups in total. The minimum atomic E-state index is -0.837. The van der Waals surface area contributed by atoms with Gasteiger partial charge >= 0.3 is 0 Å². The van der Waals surface area contributed by atoms with Crippen molar-refractivity contribution in [3.63, 3.8) is 0 Å². The highest BCUT2D eigenvalue weighted by atomic mass is 16.5. The molecule has 0 saturated carbocycles. The fraction of sp³-hybridized carbons (Fsp3) is 0.419. The second-order valence-electron chi connectivity index (χ2n) is 10.6. The molecule has 0 spiro atoms. The van der Waals surface area contributed by atoms with Crippen LogP contribution >= 0.6 is 0 Å². The van der Waals surface area contributed by atoms with Crippen molar-refractivity contribution in [3.05, 3.63) is 65.1 Å². The minimum Gasteiger partial charge on any atom is -0.503 e. The molecule has 1 aliphatic rings. The Balaban J connectivity index is 1.74. The van der Waals surface area contributed by atoms with Crippen LogP contribution in [0.1, 0.15) is 48.8 Å². The highest BCUT2D eigenvalue weighted by Crippen LogP contribution is 2.42. The van der Waals surface area contributed by atoms with Crippen molar-refractivity contribution in [2.75, 3.05) is 48.0 Å². The van der Waals surface area contributed by atoms with Gasteiger partial charge in [0, 0.05) is 11.9 Å². The van der Waals surface area contributed by atoms with Crippen LogP contribution in [0.25, 0.3) is 11.0 Å². The van der Waals surface area contributed by atoms with Crippen LogP contribution < -0.4 is 14.2 Å². The Labute approximate surface area is 234 Å². The van der Waals surface area contributed by atoms with Gasteiger partial charge in [-0.2, -0.15) is 0 Å². The minimum absolute atomic E-state index is 0.00888. The van der Waals surface area contributed by atoms with Crippen molar-refractivity contribution in [1.29, 1.82) is 0 Å². The van der Waals surface area contributed by atoms with E-state index in [0.29, 0.717) is 59.3 Å². The van der Waals surface area contributed by atoms with Gasteiger partial charge in [-0.3, -0.25) is 9.59 Å². The van der Waals surface area contributed by atoms with E-state index in [1.165, 1.54) is 12.0 Å². The maximum Gasteiger partial charge on any atom is 0.290 e.